The topological polar surface area (TPSA) is 53.6 Å². The van der Waals surface area contributed by atoms with Crippen molar-refractivity contribution >= 4 is 23.2 Å². The van der Waals surface area contributed by atoms with E-state index in [2.05, 4.69) is 10.6 Å². The Balaban J connectivity index is 1.49. The molecule has 5 nitrogen and oxygen atoms in total. The summed E-state index contributed by atoms with van der Waals surface area (Å²) < 4.78 is 43.7. The van der Waals surface area contributed by atoms with Gasteiger partial charge < -0.3 is 20.3 Å². The summed E-state index contributed by atoms with van der Waals surface area (Å²) in [5.41, 5.74) is 3.12. The number of carbonyl (C=O) groups is 1. The number of hydrogen-bond donors (Lipinski definition) is 2. The monoisotopic (exact) mass is 449 g/mol. The Kier molecular flexibility index (Phi) is 7.21. The van der Waals surface area contributed by atoms with Crippen molar-refractivity contribution < 1.29 is 22.7 Å². The maximum atomic E-state index is 12.8. The Morgan fingerprint density at radius 3 is 2.00 bits per heavy atom. The normalized spacial score (nSPS) is 15.4. The molecule has 8 heteroatoms. The van der Waals surface area contributed by atoms with Gasteiger partial charge in [-0.1, -0.05) is 12.1 Å². The molecule has 1 heterocycles. The zero-order valence-corrected chi connectivity index (χ0v) is 18.6. The highest BCUT2D eigenvalue weighted by Gasteiger charge is 2.41. The van der Waals surface area contributed by atoms with Crippen LogP contribution in [-0.2, 0) is 11.3 Å². The number of ether oxygens (including phenoxy) is 1. The van der Waals surface area contributed by atoms with E-state index in [1.54, 1.807) is 0 Å². The van der Waals surface area contributed by atoms with Gasteiger partial charge in [0.05, 0.1) is 5.92 Å². The average molecular weight is 450 g/mol. The fourth-order valence-corrected chi connectivity index (χ4v) is 3.58. The van der Waals surface area contributed by atoms with Crippen LogP contribution >= 0.6 is 0 Å². The average Bonchev–Trinajstić information content (AvgIpc) is 2.72. The molecule has 1 aliphatic heterocycles. The quantitative estimate of drug-likeness (QED) is 0.568. The van der Waals surface area contributed by atoms with Crippen LogP contribution in [0, 0.1) is 5.92 Å². The first-order valence-corrected chi connectivity index (χ1v) is 10.7. The number of alkyl halides is 3. The van der Waals surface area contributed by atoms with Gasteiger partial charge in [-0.25, -0.2) is 4.79 Å². The van der Waals surface area contributed by atoms with Crippen LogP contribution in [0.25, 0.3) is 0 Å². The summed E-state index contributed by atoms with van der Waals surface area (Å²) in [6.45, 7) is 6.64. The molecule has 1 saturated heterocycles. The highest BCUT2D eigenvalue weighted by molar-refractivity contribution is 5.68. The third-order valence-corrected chi connectivity index (χ3v) is 5.27. The summed E-state index contributed by atoms with van der Waals surface area (Å²) in [6.07, 6.45) is -4.28. The van der Waals surface area contributed by atoms with Crippen molar-refractivity contribution in [3.8, 4) is 0 Å². The third kappa shape index (κ3) is 7.07. The molecule has 1 amide bonds. The van der Waals surface area contributed by atoms with Gasteiger partial charge in [0.15, 0.2) is 0 Å². The van der Waals surface area contributed by atoms with E-state index < -0.39 is 23.8 Å². The van der Waals surface area contributed by atoms with Gasteiger partial charge in [0.2, 0.25) is 0 Å². The maximum absolute atomic E-state index is 12.8. The molecule has 2 aromatic rings. The molecule has 3 rings (SSSR count). The summed E-state index contributed by atoms with van der Waals surface area (Å²) in [5.74, 6) is -1.19. The molecule has 2 aromatic carbocycles. The van der Waals surface area contributed by atoms with Crippen LogP contribution in [-0.4, -0.2) is 31.0 Å². The Bertz CT molecular complexity index is 883. The lowest BCUT2D eigenvalue weighted by Gasteiger charge is -2.34. The zero-order valence-electron chi connectivity index (χ0n) is 18.6. The zero-order chi connectivity index (χ0) is 23.4. The Morgan fingerprint density at radius 2 is 1.50 bits per heavy atom. The molecule has 0 aliphatic carbocycles. The van der Waals surface area contributed by atoms with E-state index in [1.807, 2.05) is 74.2 Å². The predicted octanol–water partition coefficient (Wildman–Crippen LogP) is 6.23. The number of halogens is 3. The van der Waals surface area contributed by atoms with Crippen molar-refractivity contribution in [1.82, 2.24) is 5.32 Å². The molecule has 1 aliphatic rings. The van der Waals surface area contributed by atoms with E-state index in [0.717, 1.165) is 22.6 Å². The van der Waals surface area contributed by atoms with Gasteiger partial charge in [-0.2, -0.15) is 13.2 Å². The molecule has 0 aromatic heterocycles. The first kappa shape index (κ1) is 23.8. The number of alkyl carbamates (subject to hydrolysis) is 1. The number of rotatable bonds is 5. The van der Waals surface area contributed by atoms with E-state index in [0.29, 0.717) is 19.6 Å². The molecule has 32 heavy (non-hydrogen) atoms. The largest absolute Gasteiger partial charge is 0.444 e. The summed E-state index contributed by atoms with van der Waals surface area (Å²) in [4.78, 5) is 13.7. The molecule has 0 unspecified atom stereocenters. The number of nitrogens with zero attached hydrogens (tertiary/aromatic N) is 1. The van der Waals surface area contributed by atoms with Crippen molar-refractivity contribution in [3.05, 3.63) is 54.1 Å². The summed E-state index contributed by atoms with van der Waals surface area (Å²) in [5, 5.41) is 6.03. The minimum absolute atomic E-state index is 0.138. The number of anilines is 3. The maximum Gasteiger partial charge on any atom is 0.407 e. The Labute approximate surface area is 186 Å². The van der Waals surface area contributed by atoms with Crippen LogP contribution in [0.3, 0.4) is 0 Å². The van der Waals surface area contributed by atoms with E-state index >= 15 is 0 Å². The van der Waals surface area contributed by atoms with E-state index in [9.17, 15) is 18.0 Å². The van der Waals surface area contributed by atoms with Crippen LogP contribution in [0.4, 0.5) is 35.0 Å². The number of piperidine rings is 1. The summed E-state index contributed by atoms with van der Waals surface area (Å²) in [6, 6.07) is 15.4. The van der Waals surface area contributed by atoms with Crippen LogP contribution in [0.15, 0.2) is 48.5 Å². The second kappa shape index (κ2) is 9.71. The van der Waals surface area contributed by atoms with Gasteiger partial charge in [0.25, 0.3) is 0 Å². The fourth-order valence-electron chi connectivity index (χ4n) is 3.58. The molecule has 1 fully saturated rings. The first-order chi connectivity index (χ1) is 15.0. The van der Waals surface area contributed by atoms with Gasteiger partial charge in [0.1, 0.15) is 5.60 Å². The highest BCUT2D eigenvalue weighted by Crippen LogP contribution is 2.35. The molecular weight excluding hydrogens is 419 g/mol. The molecule has 0 atom stereocenters. The summed E-state index contributed by atoms with van der Waals surface area (Å²) in [7, 11) is 0. The number of nitrogens with one attached hydrogen (secondary N) is 2. The fraction of sp³-hybridized carbons (Fsp3) is 0.458. The van der Waals surface area contributed by atoms with E-state index in [4.69, 9.17) is 4.74 Å². The minimum atomic E-state index is -4.10. The van der Waals surface area contributed by atoms with Crippen molar-refractivity contribution in [1.29, 1.82) is 0 Å². The number of amides is 1. The minimum Gasteiger partial charge on any atom is -0.444 e. The molecule has 174 valence electrons. The lowest BCUT2D eigenvalue weighted by atomic mass is 9.96. The Hall–Kier alpha value is -2.90. The van der Waals surface area contributed by atoms with Crippen molar-refractivity contribution in [3.63, 3.8) is 0 Å². The standard InChI is InChI=1S/C24H30F3N3O2/c1-23(2,3)32-22(31)28-16-17-4-6-19(7-5-17)29-20-8-10-21(11-9-20)30-14-12-18(13-15-30)24(25,26)27/h4-11,18,29H,12-16H2,1-3H3,(H,28,31). The predicted molar refractivity (Wildman–Crippen MR) is 120 cm³/mol. The van der Waals surface area contributed by atoms with Crippen molar-refractivity contribution in [2.45, 2.75) is 51.9 Å². The Morgan fingerprint density at radius 1 is 0.969 bits per heavy atom. The smallest absolute Gasteiger partial charge is 0.407 e. The highest BCUT2D eigenvalue weighted by atomic mass is 19.4. The van der Waals surface area contributed by atoms with Crippen LogP contribution in [0.5, 0.6) is 0 Å². The molecular formula is C24H30F3N3O2. The van der Waals surface area contributed by atoms with Gasteiger partial charge in [-0.15, -0.1) is 0 Å². The third-order valence-electron chi connectivity index (χ3n) is 5.27. The van der Waals surface area contributed by atoms with Crippen LogP contribution < -0.4 is 15.5 Å². The molecule has 0 bridgehead atoms. The van der Waals surface area contributed by atoms with Crippen molar-refractivity contribution in [2.75, 3.05) is 23.3 Å². The lowest BCUT2D eigenvalue weighted by molar-refractivity contribution is -0.179. The second-order valence-corrected chi connectivity index (χ2v) is 9.03. The van der Waals surface area contributed by atoms with Gasteiger partial charge >= 0.3 is 12.3 Å². The van der Waals surface area contributed by atoms with Gasteiger partial charge in [-0.05, 0) is 75.6 Å². The van der Waals surface area contributed by atoms with Crippen LogP contribution in [0.2, 0.25) is 0 Å². The SMILES string of the molecule is CC(C)(C)OC(=O)NCc1ccc(Nc2ccc(N3CCC(C(F)(F)F)CC3)cc2)cc1. The number of hydrogen-bond acceptors (Lipinski definition) is 4. The van der Waals surface area contributed by atoms with Gasteiger partial charge in [0, 0.05) is 36.7 Å². The van der Waals surface area contributed by atoms with E-state index in [1.165, 1.54) is 0 Å². The molecule has 0 saturated carbocycles. The molecule has 2 N–H and O–H groups in total. The van der Waals surface area contributed by atoms with Gasteiger partial charge in [-0.3, -0.25) is 0 Å². The van der Waals surface area contributed by atoms with E-state index in [-0.39, 0.29) is 12.8 Å². The molecule has 0 spiro atoms. The van der Waals surface area contributed by atoms with Crippen LogP contribution in [0.1, 0.15) is 39.2 Å². The summed E-state index contributed by atoms with van der Waals surface area (Å²) >= 11 is 0. The molecule has 0 radical (unpaired) electrons. The number of carbonyl (C=O) groups excluding carboxylic acids is 1. The lowest BCUT2D eigenvalue weighted by Crippen LogP contribution is -2.38. The first-order valence-electron chi connectivity index (χ1n) is 10.7. The number of benzene rings is 2. The van der Waals surface area contributed by atoms with Crippen molar-refractivity contribution in [2.24, 2.45) is 5.92 Å². The second-order valence-electron chi connectivity index (χ2n) is 9.03.